The van der Waals surface area contributed by atoms with E-state index in [1.165, 1.54) is 0 Å². The summed E-state index contributed by atoms with van der Waals surface area (Å²) in [5.41, 5.74) is 1.77. The first-order valence-corrected chi connectivity index (χ1v) is 7.76. The average molecular weight is 290 g/mol. The molecule has 1 aliphatic heterocycles. The molecule has 0 radical (unpaired) electrons. The topological polar surface area (TPSA) is 43.4 Å². The summed E-state index contributed by atoms with van der Waals surface area (Å²) in [6.45, 7) is 6.12. The lowest BCUT2D eigenvalue weighted by Gasteiger charge is -2.36. The molecule has 0 amide bonds. The minimum absolute atomic E-state index is 0.102. The zero-order valence-corrected chi connectivity index (χ0v) is 12.8. The second-order valence-corrected chi connectivity index (χ2v) is 7.42. The molecule has 1 aliphatic carbocycles. The molecular formula is C16H18O3S. The number of esters is 1. The first-order chi connectivity index (χ1) is 9.37. The summed E-state index contributed by atoms with van der Waals surface area (Å²) in [7, 11) is 0. The molecule has 3 rings (SSSR count). The van der Waals surface area contributed by atoms with Crippen molar-refractivity contribution < 1.29 is 14.3 Å². The fourth-order valence-electron chi connectivity index (χ4n) is 3.17. The summed E-state index contributed by atoms with van der Waals surface area (Å²) < 4.78 is 5.39. The second kappa shape index (κ2) is 4.55. The highest BCUT2D eigenvalue weighted by Crippen LogP contribution is 2.47. The van der Waals surface area contributed by atoms with Crippen LogP contribution in [0.25, 0.3) is 0 Å². The van der Waals surface area contributed by atoms with E-state index in [2.05, 4.69) is 0 Å². The van der Waals surface area contributed by atoms with Crippen molar-refractivity contribution in [2.75, 3.05) is 0 Å². The zero-order chi connectivity index (χ0) is 14.5. The van der Waals surface area contributed by atoms with Crippen LogP contribution < -0.4 is 0 Å². The van der Waals surface area contributed by atoms with E-state index in [1.807, 2.05) is 32.2 Å². The fourth-order valence-corrected chi connectivity index (χ4v) is 4.21. The molecule has 106 valence electrons. The van der Waals surface area contributed by atoms with Crippen LogP contribution in [-0.4, -0.2) is 11.8 Å². The van der Waals surface area contributed by atoms with Crippen molar-refractivity contribution in [1.29, 1.82) is 0 Å². The number of aryl methyl sites for hydroxylation is 1. The van der Waals surface area contributed by atoms with E-state index < -0.39 is 0 Å². The summed E-state index contributed by atoms with van der Waals surface area (Å²) in [4.78, 5) is 25.5. The number of rotatable bonds is 1. The van der Waals surface area contributed by atoms with E-state index in [4.69, 9.17) is 4.74 Å². The Balaban J connectivity index is 2.10. The fraction of sp³-hybridized carbons (Fsp3) is 0.500. The highest BCUT2D eigenvalue weighted by Gasteiger charge is 2.42. The zero-order valence-electron chi connectivity index (χ0n) is 12.0. The van der Waals surface area contributed by atoms with Crippen molar-refractivity contribution in [2.24, 2.45) is 5.41 Å². The third-order valence-electron chi connectivity index (χ3n) is 4.05. The molecule has 2 heterocycles. The molecule has 3 nitrogen and oxygen atoms in total. The molecule has 0 saturated heterocycles. The number of carbonyl (C=O) groups excluding carboxylic acids is 2. The van der Waals surface area contributed by atoms with Gasteiger partial charge in [-0.3, -0.25) is 9.59 Å². The maximum absolute atomic E-state index is 12.5. The summed E-state index contributed by atoms with van der Waals surface area (Å²) >= 11 is 1.62. The molecule has 0 spiro atoms. The normalized spacial score (nSPS) is 25.4. The Kier molecular flexibility index (Phi) is 3.09. The van der Waals surface area contributed by atoms with Crippen LogP contribution in [0.15, 0.2) is 22.8 Å². The molecule has 0 fully saturated rings. The van der Waals surface area contributed by atoms with E-state index in [0.717, 1.165) is 16.0 Å². The lowest BCUT2D eigenvalue weighted by atomic mass is 9.72. The number of allylic oxidation sites excluding steroid dienone is 2. The van der Waals surface area contributed by atoms with Gasteiger partial charge < -0.3 is 4.74 Å². The maximum Gasteiger partial charge on any atom is 0.311 e. The first-order valence-electron chi connectivity index (χ1n) is 6.88. The van der Waals surface area contributed by atoms with Crippen molar-refractivity contribution in [3.63, 3.8) is 0 Å². The van der Waals surface area contributed by atoms with Crippen molar-refractivity contribution in [2.45, 2.75) is 46.0 Å². The minimum atomic E-state index is -0.216. The molecule has 4 heteroatoms. The van der Waals surface area contributed by atoms with Crippen LogP contribution in [-0.2, 0) is 14.3 Å². The largest absolute Gasteiger partial charge is 0.431 e. The number of thiophene rings is 1. The van der Waals surface area contributed by atoms with Gasteiger partial charge >= 0.3 is 5.97 Å². The highest BCUT2D eigenvalue weighted by atomic mass is 32.1. The second-order valence-electron chi connectivity index (χ2n) is 6.48. The SMILES string of the molecule is Cc1ccsc1[C@H]1CC(=O)OC2=C1C(=O)CC(C)(C)C2. The Hall–Kier alpha value is -1.42. The number of ether oxygens (including phenoxy) is 1. The molecule has 0 bridgehead atoms. The molecule has 2 aliphatic rings. The van der Waals surface area contributed by atoms with Crippen LogP contribution in [0.1, 0.15) is 49.5 Å². The van der Waals surface area contributed by atoms with E-state index in [9.17, 15) is 9.59 Å². The summed E-state index contributed by atoms with van der Waals surface area (Å²) in [5.74, 6) is 0.434. The molecule has 0 N–H and O–H groups in total. The lowest BCUT2D eigenvalue weighted by molar-refractivity contribution is -0.142. The van der Waals surface area contributed by atoms with Crippen LogP contribution in [0.4, 0.5) is 0 Å². The van der Waals surface area contributed by atoms with Crippen LogP contribution in [0.2, 0.25) is 0 Å². The van der Waals surface area contributed by atoms with Crippen molar-refractivity contribution in [3.05, 3.63) is 33.2 Å². The van der Waals surface area contributed by atoms with Gasteiger partial charge in [-0.05, 0) is 29.3 Å². The van der Waals surface area contributed by atoms with Gasteiger partial charge in [-0.15, -0.1) is 11.3 Å². The van der Waals surface area contributed by atoms with Gasteiger partial charge in [0.1, 0.15) is 5.76 Å². The lowest BCUT2D eigenvalue weighted by Crippen LogP contribution is -2.33. The van der Waals surface area contributed by atoms with Crippen molar-refractivity contribution >= 4 is 23.1 Å². The van der Waals surface area contributed by atoms with Crippen LogP contribution in [0.3, 0.4) is 0 Å². The van der Waals surface area contributed by atoms with Gasteiger partial charge in [0.05, 0.1) is 6.42 Å². The smallest absolute Gasteiger partial charge is 0.311 e. The molecule has 1 atom stereocenters. The van der Waals surface area contributed by atoms with E-state index in [1.54, 1.807) is 11.3 Å². The third-order valence-corrected chi connectivity index (χ3v) is 5.19. The number of hydrogen-bond acceptors (Lipinski definition) is 4. The number of carbonyl (C=O) groups is 2. The van der Waals surface area contributed by atoms with Gasteiger partial charge in [0, 0.05) is 29.2 Å². The molecule has 0 unspecified atom stereocenters. The van der Waals surface area contributed by atoms with Crippen molar-refractivity contribution in [1.82, 2.24) is 0 Å². The molecular weight excluding hydrogens is 272 g/mol. The molecule has 1 aromatic heterocycles. The third kappa shape index (κ3) is 2.22. The molecule has 1 aromatic rings. The predicted molar refractivity (Wildman–Crippen MR) is 77.6 cm³/mol. The van der Waals surface area contributed by atoms with Gasteiger partial charge in [-0.2, -0.15) is 0 Å². The maximum atomic E-state index is 12.5. The van der Waals surface area contributed by atoms with Gasteiger partial charge in [-0.25, -0.2) is 0 Å². The Morgan fingerprint density at radius 3 is 2.70 bits per heavy atom. The van der Waals surface area contributed by atoms with E-state index in [0.29, 0.717) is 18.6 Å². The summed E-state index contributed by atoms with van der Waals surface area (Å²) in [6.07, 6.45) is 1.48. The van der Waals surface area contributed by atoms with E-state index >= 15 is 0 Å². The molecule has 0 saturated carbocycles. The van der Waals surface area contributed by atoms with Crippen LogP contribution in [0.5, 0.6) is 0 Å². The Morgan fingerprint density at radius 2 is 2.05 bits per heavy atom. The van der Waals surface area contributed by atoms with Gasteiger partial charge in [0.15, 0.2) is 5.78 Å². The number of ketones is 1. The quantitative estimate of drug-likeness (QED) is 0.740. The Labute approximate surface area is 122 Å². The predicted octanol–water partition coefficient (Wildman–Crippen LogP) is 3.73. The van der Waals surface area contributed by atoms with E-state index in [-0.39, 0.29) is 29.5 Å². The number of Topliss-reactive ketones (excluding diaryl/α,β-unsaturated/α-hetero) is 1. The minimum Gasteiger partial charge on any atom is -0.431 e. The first kappa shape index (κ1) is 13.6. The van der Waals surface area contributed by atoms with Gasteiger partial charge in [0.25, 0.3) is 0 Å². The van der Waals surface area contributed by atoms with Crippen molar-refractivity contribution in [3.8, 4) is 0 Å². The standard InChI is InChI=1S/C16H18O3S/c1-9-4-5-20-15(9)10-6-13(18)19-12-8-16(2,3)7-11(17)14(10)12/h4-5,10H,6-8H2,1-3H3/t10-/m0/s1. The Morgan fingerprint density at radius 1 is 1.30 bits per heavy atom. The molecule has 20 heavy (non-hydrogen) atoms. The van der Waals surface area contributed by atoms with Crippen LogP contribution in [0, 0.1) is 12.3 Å². The average Bonchev–Trinajstić information content (AvgIpc) is 2.71. The highest BCUT2D eigenvalue weighted by molar-refractivity contribution is 7.10. The Bertz CT molecular complexity index is 621. The summed E-state index contributed by atoms with van der Waals surface area (Å²) in [5, 5.41) is 2.02. The monoisotopic (exact) mass is 290 g/mol. The molecule has 0 aromatic carbocycles. The summed E-state index contributed by atoms with van der Waals surface area (Å²) in [6, 6.07) is 2.04. The number of hydrogen-bond donors (Lipinski definition) is 0. The van der Waals surface area contributed by atoms with Crippen LogP contribution >= 0.6 is 11.3 Å². The van der Waals surface area contributed by atoms with Gasteiger partial charge in [-0.1, -0.05) is 13.8 Å². The van der Waals surface area contributed by atoms with Gasteiger partial charge in [0.2, 0.25) is 0 Å².